The van der Waals surface area contributed by atoms with Gasteiger partial charge in [0, 0.05) is 41.9 Å². The van der Waals surface area contributed by atoms with Gasteiger partial charge in [0.15, 0.2) is 0 Å². The van der Waals surface area contributed by atoms with Crippen molar-refractivity contribution in [2.24, 2.45) is 0 Å². The van der Waals surface area contributed by atoms with E-state index in [-0.39, 0.29) is 10.5 Å². The zero-order chi connectivity index (χ0) is 23.3. The van der Waals surface area contributed by atoms with Crippen molar-refractivity contribution in [1.82, 2.24) is 20.1 Å². The molecule has 1 aromatic heterocycles. The smallest absolute Gasteiger partial charge is 0.268 e. The van der Waals surface area contributed by atoms with Crippen LogP contribution in [0.1, 0.15) is 35.2 Å². The Labute approximate surface area is 192 Å². The van der Waals surface area contributed by atoms with Gasteiger partial charge in [0.2, 0.25) is 10.0 Å². The zero-order valence-corrected chi connectivity index (χ0v) is 18.7. The highest BCUT2D eigenvalue weighted by Crippen LogP contribution is 2.21. The highest BCUT2D eigenvalue weighted by Gasteiger charge is 2.26. The number of para-hydroxylation sites is 1. The first kappa shape index (κ1) is 22.6. The fraction of sp³-hybridized carbons (Fsp3) is 0.208. The summed E-state index contributed by atoms with van der Waals surface area (Å²) in [6.45, 7) is 0.959. The SMILES string of the molecule is O=C(/C=C/c1cccc2cccnc12)NNC(=O)c1cccc(S(=O)(=O)N2CCCCC2)c1. The van der Waals surface area contributed by atoms with Crippen LogP contribution in [-0.4, -0.2) is 42.6 Å². The van der Waals surface area contributed by atoms with Crippen LogP contribution in [0.25, 0.3) is 17.0 Å². The average Bonchev–Trinajstić information content (AvgIpc) is 2.86. The molecule has 4 rings (SSSR count). The molecule has 170 valence electrons. The van der Waals surface area contributed by atoms with E-state index in [0.717, 1.165) is 35.7 Å². The molecular formula is C24H24N4O4S. The zero-order valence-electron chi connectivity index (χ0n) is 17.9. The number of hydrogen-bond donors (Lipinski definition) is 2. The number of nitrogens with zero attached hydrogens (tertiary/aromatic N) is 2. The second-order valence-electron chi connectivity index (χ2n) is 7.69. The minimum absolute atomic E-state index is 0.0618. The number of pyridine rings is 1. The molecule has 3 aromatic rings. The van der Waals surface area contributed by atoms with E-state index in [1.807, 2.05) is 30.3 Å². The summed E-state index contributed by atoms with van der Waals surface area (Å²) < 4.78 is 27.1. The molecule has 0 unspecified atom stereocenters. The van der Waals surface area contributed by atoms with Gasteiger partial charge in [0.1, 0.15) is 0 Å². The van der Waals surface area contributed by atoms with Crippen molar-refractivity contribution in [2.75, 3.05) is 13.1 Å². The maximum absolute atomic E-state index is 12.9. The van der Waals surface area contributed by atoms with E-state index in [4.69, 9.17) is 0 Å². The molecule has 33 heavy (non-hydrogen) atoms. The third kappa shape index (κ3) is 5.27. The Morgan fingerprint density at radius 1 is 0.939 bits per heavy atom. The number of fused-ring (bicyclic) bond motifs is 1. The predicted molar refractivity (Wildman–Crippen MR) is 125 cm³/mol. The van der Waals surface area contributed by atoms with Crippen LogP contribution in [0.3, 0.4) is 0 Å². The first-order valence-corrected chi connectivity index (χ1v) is 12.1. The number of benzene rings is 2. The number of amides is 2. The number of hydrazine groups is 1. The van der Waals surface area contributed by atoms with E-state index in [0.29, 0.717) is 13.1 Å². The topological polar surface area (TPSA) is 108 Å². The number of nitrogens with one attached hydrogen (secondary N) is 2. The van der Waals surface area contributed by atoms with Crippen LogP contribution in [0, 0.1) is 0 Å². The molecule has 0 aliphatic carbocycles. The van der Waals surface area contributed by atoms with Crippen LogP contribution in [0.15, 0.2) is 71.8 Å². The van der Waals surface area contributed by atoms with Crippen molar-refractivity contribution < 1.29 is 18.0 Å². The van der Waals surface area contributed by atoms with Crippen molar-refractivity contribution in [3.8, 4) is 0 Å². The van der Waals surface area contributed by atoms with Gasteiger partial charge >= 0.3 is 0 Å². The lowest BCUT2D eigenvalue weighted by Gasteiger charge is -2.26. The fourth-order valence-electron chi connectivity index (χ4n) is 3.71. The summed E-state index contributed by atoms with van der Waals surface area (Å²) in [7, 11) is -3.66. The Hall–Kier alpha value is -3.56. The number of carbonyl (C=O) groups is 2. The minimum atomic E-state index is -3.66. The molecule has 1 saturated heterocycles. The maximum atomic E-state index is 12.9. The lowest BCUT2D eigenvalue weighted by Crippen LogP contribution is -2.41. The molecule has 8 nitrogen and oxygen atoms in total. The van der Waals surface area contributed by atoms with Gasteiger partial charge in [0.05, 0.1) is 10.4 Å². The standard InChI is InChI=1S/C24H24N4O4S/c29-22(13-12-19-8-4-7-18-10-6-14-25-23(18)19)26-27-24(30)20-9-5-11-21(17-20)33(31,32)28-15-2-1-3-16-28/h4-14,17H,1-3,15-16H2,(H,26,29)(H,27,30)/b13-12+. The molecular weight excluding hydrogens is 440 g/mol. The molecule has 0 saturated carbocycles. The fourth-order valence-corrected chi connectivity index (χ4v) is 5.28. The van der Waals surface area contributed by atoms with Gasteiger partial charge in [-0.25, -0.2) is 8.42 Å². The van der Waals surface area contributed by atoms with E-state index in [1.165, 1.54) is 34.6 Å². The number of piperidine rings is 1. The van der Waals surface area contributed by atoms with Crippen LogP contribution in [-0.2, 0) is 14.8 Å². The van der Waals surface area contributed by atoms with E-state index in [2.05, 4.69) is 15.8 Å². The van der Waals surface area contributed by atoms with E-state index in [9.17, 15) is 18.0 Å². The number of sulfonamides is 1. The summed E-state index contributed by atoms with van der Waals surface area (Å²) in [6.07, 6.45) is 7.25. The molecule has 0 bridgehead atoms. The van der Waals surface area contributed by atoms with Crippen LogP contribution in [0.4, 0.5) is 0 Å². The summed E-state index contributed by atoms with van der Waals surface area (Å²) in [4.78, 5) is 29.1. The Bertz CT molecular complexity index is 1310. The van der Waals surface area contributed by atoms with Gasteiger partial charge in [0.25, 0.3) is 11.8 Å². The van der Waals surface area contributed by atoms with E-state index >= 15 is 0 Å². The molecule has 2 N–H and O–H groups in total. The Balaban J connectivity index is 1.40. The van der Waals surface area contributed by atoms with Crippen LogP contribution in [0.5, 0.6) is 0 Å². The molecule has 1 aliphatic rings. The molecule has 0 radical (unpaired) electrons. The third-order valence-electron chi connectivity index (χ3n) is 5.43. The number of aromatic nitrogens is 1. The Morgan fingerprint density at radius 2 is 1.70 bits per heavy atom. The highest BCUT2D eigenvalue weighted by atomic mass is 32.2. The van der Waals surface area contributed by atoms with Gasteiger partial charge in [-0.15, -0.1) is 0 Å². The van der Waals surface area contributed by atoms with Crippen molar-refractivity contribution in [3.63, 3.8) is 0 Å². The van der Waals surface area contributed by atoms with Crippen LogP contribution < -0.4 is 10.9 Å². The third-order valence-corrected chi connectivity index (χ3v) is 7.32. The summed E-state index contributed by atoms with van der Waals surface area (Å²) in [5.41, 5.74) is 6.30. The quantitative estimate of drug-likeness (QED) is 0.446. The molecule has 0 atom stereocenters. The number of carbonyl (C=O) groups excluding carboxylic acids is 2. The van der Waals surface area contributed by atoms with Gasteiger partial charge in [-0.2, -0.15) is 4.31 Å². The lowest BCUT2D eigenvalue weighted by atomic mass is 10.1. The first-order chi connectivity index (χ1) is 15.9. The number of rotatable bonds is 5. The minimum Gasteiger partial charge on any atom is -0.268 e. The van der Waals surface area contributed by atoms with Crippen molar-refractivity contribution >= 4 is 38.8 Å². The molecule has 2 amide bonds. The Morgan fingerprint density at radius 3 is 2.52 bits per heavy atom. The molecule has 9 heteroatoms. The highest BCUT2D eigenvalue weighted by molar-refractivity contribution is 7.89. The maximum Gasteiger partial charge on any atom is 0.269 e. The molecule has 0 spiro atoms. The van der Waals surface area contributed by atoms with Crippen LogP contribution >= 0.6 is 0 Å². The monoisotopic (exact) mass is 464 g/mol. The van der Waals surface area contributed by atoms with Crippen molar-refractivity contribution in [1.29, 1.82) is 0 Å². The normalized spacial score (nSPS) is 14.9. The van der Waals surface area contributed by atoms with Crippen molar-refractivity contribution in [2.45, 2.75) is 24.2 Å². The summed E-state index contributed by atoms with van der Waals surface area (Å²) in [5.74, 6) is -1.15. The summed E-state index contributed by atoms with van der Waals surface area (Å²) in [5, 5.41) is 0.952. The number of hydrogen-bond acceptors (Lipinski definition) is 5. The van der Waals surface area contributed by atoms with E-state index in [1.54, 1.807) is 12.3 Å². The van der Waals surface area contributed by atoms with Gasteiger partial charge in [-0.1, -0.05) is 36.8 Å². The summed E-state index contributed by atoms with van der Waals surface area (Å²) >= 11 is 0. The van der Waals surface area contributed by atoms with Gasteiger partial charge in [-0.05, 0) is 43.2 Å². The second kappa shape index (κ2) is 9.93. The molecule has 1 fully saturated rings. The van der Waals surface area contributed by atoms with Gasteiger partial charge in [-0.3, -0.25) is 25.4 Å². The molecule has 1 aliphatic heterocycles. The van der Waals surface area contributed by atoms with E-state index < -0.39 is 21.8 Å². The predicted octanol–water partition coefficient (Wildman–Crippen LogP) is 2.88. The Kier molecular flexibility index (Phi) is 6.81. The van der Waals surface area contributed by atoms with Crippen LogP contribution in [0.2, 0.25) is 0 Å². The van der Waals surface area contributed by atoms with Crippen molar-refractivity contribution in [3.05, 3.63) is 78.0 Å². The largest absolute Gasteiger partial charge is 0.269 e. The average molecular weight is 465 g/mol. The van der Waals surface area contributed by atoms with Gasteiger partial charge < -0.3 is 0 Å². The molecule has 2 aromatic carbocycles. The summed E-state index contributed by atoms with van der Waals surface area (Å²) in [6, 6.07) is 15.2. The lowest BCUT2D eigenvalue weighted by molar-refractivity contribution is -0.117. The second-order valence-corrected chi connectivity index (χ2v) is 9.63. The molecule has 2 heterocycles. The first-order valence-electron chi connectivity index (χ1n) is 10.7.